The summed E-state index contributed by atoms with van der Waals surface area (Å²) in [4.78, 5) is 16.5. The highest BCUT2D eigenvalue weighted by atomic mass is 16.1. The van der Waals surface area contributed by atoms with Gasteiger partial charge in [0.1, 0.15) is 0 Å². The van der Waals surface area contributed by atoms with E-state index in [1.54, 1.807) is 12.4 Å². The molecule has 2 heteroatoms. The fourth-order valence-electron chi connectivity index (χ4n) is 2.61. The predicted molar refractivity (Wildman–Crippen MR) is 66.1 cm³/mol. The molecule has 0 amide bonds. The molecule has 0 aliphatic heterocycles. The van der Waals surface area contributed by atoms with Gasteiger partial charge in [-0.3, -0.25) is 9.78 Å². The molecule has 0 spiro atoms. The lowest BCUT2D eigenvalue weighted by atomic mass is 9.79. The van der Waals surface area contributed by atoms with Crippen molar-refractivity contribution in [2.75, 3.05) is 0 Å². The van der Waals surface area contributed by atoms with E-state index < -0.39 is 5.41 Å². The number of benzene rings is 1. The molecule has 1 unspecified atom stereocenters. The zero-order valence-electron chi connectivity index (χ0n) is 9.68. The minimum Gasteiger partial charge on any atom is -0.293 e. The Hall–Kier alpha value is -1.96. The molecule has 2 nitrogen and oxygen atoms in total. The average molecular weight is 223 g/mol. The van der Waals surface area contributed by atoms with Crippen molar-refractivity contribution in [2.24, 2.45) is 0 Å². The van der Waals surface area contributed by atoms with Gasteiger partial charge in [0, 0.05) is 18.0 Å². The van der Waals surface area contributed by atoms with Crippen molar-refractivity contribution in [3.05, 3.63) is 65.5 Å². The van der Waals surface area contributed by atoms with E-state index in [9.17, 15) is 4.79 Å². The lowest BCUT2D eigenvalue weighted by Crippen LogP contribution is -2.29. The number of carbonyl (C=O) groups is 1. The third-order valence-corrected chi connectivity index (χ3v) is 3.62. The van der Waals surface area contributed by atoms with Crippen molar-refractivity contribution in [1.82, 2.24) is 4.98 Å². The van der Waals surface area contributed by atoms with Crippen LogP contribution in [0.4, 0.5) is 0 Å². The second-order valence-corrected chi connectivity index (χ2v) is 4.73. The molecule has 1 atom stereocenters. The Kier molecular flexibility index (Phi) is 2.11. The van der Waals surface area contributed by atoms with Crippen LogP contribution in [0.3, 0.4) is 0 Å². The summed E-state index contributed by atoms with van der Waals surface area (Å²) in [5, 5.41) is 0. The Morgan fingerprint density at radius 2 is 1.82 bits per heavy atom. The van der Waals surface area contributed by atoms with Crippen LogP contribution in [0.2, 0.25) is 0 Å². The molecule has 0 saturated heterocycles. The van der Waals surface area contributed by atoms with Gasteiger partial charge in [-0.25, -0.2) is 0 Å². The molecule has 3 rings (SSSR count). The number of ketones is 1. The Balaban J connectivity index is 2.12. The number of aromatic nitrogens is 1. The molecule has 1 aliphatic carbocycles. The summed E-state index contributed by atoms with van der Waals surface area (Å²) in [5.74, 6) is 0.222. The van der Waals surface area contributed by atoms with Gasteiger partial charge in [0.15, 0.2) is 5.78 Å². The van der Waals surface area contributed by atoms with Crippen molar-refractivity contribution in [1.29, 1.82) is 0 Å². The summed E-state index contributed by atoms with van der Waals surface area (Å²) in [5.41, 5.74) is 2.64. The molecule has 17 heavy (non-hydrogen) atoms. The Labute approximate surface area is 100 Å². The number of hydrogen-bond acceptors (Lipinski definition) is 2. The van der Waals surface area contributed by atoms with Crippen LogP contribution in [-0.2, 0) is 11.8 Å². The number of hydrogen-bond donors (Lipinski definition) is 0. The lowest BCUT2D eigenvalue weighted by molar-refractivity contribution is 0.0915. The van der Waals surface area contributed by atoms with Gasteiger partial charge in [0.25, 0.3) is 0 Å². The highest BCUT2D eigenvalue weighted by molar-refractivity contribution is 6.08. The summed E-state index contributed by atoms with van der Waals surface area (Å²) in [6.45, 7) is 2.02. The smallest absolute Gasteiger partial charge is 0.173 e. The van der Waals surface area contributed by atoms with Crippen molar-refractivity contribution >= 4 is 5.78 Å². The third kappa shape index (κ3) is 1.41. The van der Waals surface area contributed by atoms with Crippen molar-refractivity contribution < 1.29 is 4.79 Å². The molecule has 0 fully saturated rings. The summed E-state index contributed by atoms with van der Waals surface area (Å²) < 4.78 is 0. The quantitative estimate of drug-likeness (QED) is 0.744. The van der Waals surface area contributed by atoms with Gasteiger partial charge in [-0.2, -0.15) is 0 Å². The van der Waals surface area contributed by atoms with Gasteiger partial charge < -0.3 is 0 Å². The fourth-order valence-corrected chi connectivity index (χ4v) is 2.61. The minimum absolute atomic E-state index is 0.222. The highest BCUT2D eigenvalue weighted by Gasteiger charge is 2.42. The van der Waals surface area contributed by atoms with E-state index in [4.69, 9.17) is 0 Å². The van der Waals surface area contributed by atoms with Gasteiger partial charge in [0.2, 0.25) is 0 Å². The first-order chi connectivity index (χ1) is 8.22. The first kappa shape index (κ1) is 10.2. The number of fused-ring (bicyclic) bond motifs is 1. The first-order valence-electron chi connectivity index (χ1n) is 5.75. The van der Waals surface area contributed by atoms with E-state index >= 15 is 0 Å². The van der Waals surface area contributed by atoms with Gasteiger partial charge in [-0.15, -0.1) is 0 Å². The molecule has 1 heterocycles. The second kappa shape index (κ2) is 3.52. The standard InChI is InChI=1S/C15H13NO/c1-15(12-6-8-16-9-7-12)10-11-4-2-3-5-13(11)14(15)17/h2-9H,10H2,1H3. The molecule has 0 N–H and O–H groups in total. The van der Waals surface area contributed by atoms with E-state index in [-0.39, 0.29) is 5.78 Å². The first-order valence-corrected chi connectivity index (χ1v) is 5.75. The fraction of sp³-hybridized carbons (Fsp3) is 0.200. The van der Waals surface area contributed by atoms with E-state index in [1.165, 1.54) is 0 Å². The van der Waals surface area contributed by atoms with E-state index in [2.05, 4.69) is 4.98 Å². The molecular weight excluding hydrogens is 210 g/mol. The maximum atomic E-state index is 12.5. The van der Waals surface area contributed by atoms with Gasteiger partial charge >= 0.3 is 0 Å². The minimum atomic E-state index is -0.424. The molecule has 1 aromatic heterocycles. The van der Waals surface area contributed by atoms with Crippen LogP contribution in [0.15, 0.2) is 48.8 Å². The molecule has 84 valence electrons. The monoisotopic (exact) mass is 223 g/mol. The highest BCUT2D eigenvalue weighted by Crippen LogP contribution is 2.38. The van der Waals surface area contributed by atoms with Crippen LogP contribution in [0.1, 0.15) is 28.4 Å². The van der Waals surface area contributed by atoms with Gasteiger partial charge in [-0.1, -0.05) is 24.3 Å². The van der Waals surface area contributed by atoms with Crippen molar-refractivity contribution in [3.8, 4) is 0 Å². The topological polar surface area (TPSA) is 30.0 Å². The predicted octanol–water partition coefficient (Wildman–Crippen LogP) is 2.78. The zero-order valence-corrected chi connectivity index (χ0v) is 9.68. The van der Waals surface area contributed by atoms with Gasteiger partial charge in [-0.05, 0) is 36.6 Å². The lowest BCUT2D eigenvalue weighted by Gasteiger charge is -2.22. The average Bonchev–Trinajstić information content (AvgIpc) is 2.65. The van der Waals surface area contributed by atoms with Crippen LogP contribution < -0.4 is 0 Å². The third-order valence-electron chi connectivity index (χ3n) is 3.62. The molecule has 0 bridgehead atoms. The SMILES string of the molecule is CC1(c2ccncc2)Cc2ccccc2C1=O. The van der Waals surface area contributed by atoms with E-state index in [1.807, 2.05) is 43.3 Å². The molecular formula is C15H13NO. The summed E-state index contributed by atoms with van der Waals surface area (Å²) in [6.07, 6.45) is 4.28. The largest absolute Gasteiger partial charge is 0.293 e. The molecule has 1 aliphatic rings. The maximum absolute atomic E-state index is 12.5. The Morgan fingerprint density at radius 1 is 1.12 bits per heavy atom. The van der Waals surface area contributed by atoms with Gasteiger partial charge in [0.05, 0.1) is 5.41 Å². The molecule has 0 saturated carbocycles. The molecule has 0 radical (unpaired) electrons. The summed E-state index contributed by atoms with van der Waals surface area (Å²) in [7, 11) is 0. The zero-order chi connectivity index (χ0) is 11.9. The number of rotatable bonds is 1. The van der Waals surface area contributed by atoms with Crippen LogP contribution in [0.25, 0.3) is 0 Å². The van der Waals surface area contributed by atoms with Crippen LogP contribution in [0, 0.1) is 0 Å². The molecule has 1 aromatic carbocycles. The van der Waals surface area contributed by atoms with Crippen LogP contribution in [-0.4, -0.2) is 10.8 Å². The normalized spacial score (nSPS) is 22.5. The maximum Gasteiger partial charge on any atom is 0.173 e. The van der Waals surface area contributed by atoms with E-state index in [0.29, 0.717) is 0 Å². The van der Waals surface area contributed by atoms with Crippen LogP contribution >= 0.6 is 0 Å². The number of Topliss-reactive ketones (excluding diaryl/α,β-unsaturated/α-hetero) is 1. The van der Waals surface area contributed by atoms with Crippen molar-refractivity contribution in [2.45, 2.75) is 18.8 Å². The Morgan fingerprint density at radius 3 is 2.53 bits per heavy atom. The number of carbonyl (C=O) groups excluding carboxylic acids is 1. The number of pyridine rings is 1. The Bertz CT molecular complexity index is 576. The van der Waals surface area contributed by atoms with Crippen molar-refractivity contribution in [3.63, 3.8) is 0 Å². The van der Waals surface area contributed by atoms with Crippen LogP contribution in [0.5, 0.6) is 0 Å². The number of nitrogens with zero attached hydrogens (tertiary/aromatic N) is 1. The second-order valence-electron chi connectivity index (χ2n) is 4.73. The van der Waals surface area contributed by atoms with E-state index in [0.717, 1.165) is 23.1 Å². The summed E-state index contributed by atoms with van der Waals surface area (Å²) >= 11 is 0. The molecule has 2 aromatic rings. The summed E-state index contributed by atoms with van der Waals surface area (Å²) in [6, 6.07) is 11.7.